The Kier molecular flexibility index (Phi) is 4.48. The Labute approximate surface area is 50.6 Å². The van der Waals surface area contributed by atoms with Crippen LogP contribution in [-0.2, 0) is 9.09 Å². The van der Waals surface area contributed by atoms with E-state index in [4.69, 9.17) is 0 Å². The first-order valence-electron chi connectivity index (χ1n) is 1.53. The summed E-state index contributed by atoms with van der Waals surface area (Å²) < 4.78 is 14.5. The van der Waals surface area contributed by atoms with Gasteiger partial charge in [0.05, 0.1) is 0 Å². The van der Waals surface area contributed by atoms with Crippen LogP contribution in [0.3, 0.4) is 0 Å². The second kappa shape index (κ2) is 3.96. The van der Waals surface area contributed by atoms with E-state index < -0.39 is 5.67 Å². The van der Waals surface area contributed by atoms with Crippen LogP contribution in [0.1, 0.15) is 6.92 Å². The Bertz CT molecular complexity index is 55.5. The molecule has 0 heterocycles. The normalized spacial score (nSPS) is 11.3. The third kappa shape index (κ3) is 4.79. The summed E-state index contributed by atoms with van der Waals surface area (Å²) >= 11 is 1.73. The molecule has 36 valence electrons. The highest BCUT2D eigenvalue weighted by Gasteiger charge is 2.06. The van der Waals surface area contributed by atoms with Crippen molar-refractivity contribution >= 4 is 27.7 Å². The van der Waals surface area contributed by atoms with Crippen molar-refractivity contribution in [3.05, 3.63) is 0 Å². The second-order valence-electron chi connectivity index (χ2n) is 0.630. The Morgan fingerprint density at radius 2 is 2.50 bits per heavy atom. The van der Waals surface area contributed by atoms with Gasteiger partial charge >= 0.3 is 27.7 Å². The predicted octanol–water partition coefficient (Wildman–Crippen LogP) is 2.12. The van der Waals surface area contributed by atoms with Gasteiger partial charge in [0.15, 0.2) is 0 Å². The summed E-state index contributed by atoms with van der Waals surface area (Å²) in [6, 6.07) is 0. The van der Waals surface area contributed by atoms with Crippen LogP contribution in [0.25, 0.3) is 0 Å². The summed E-state index contributed by atoms with van der Waals surface area (Å²) in [4.78, 5) is 0. The summed E-state index contributed by atoms with van der Waals surface area (Å²) in [6.07, 6.45) is 0. The van der Waals surface area contributed by atoms with Crippen molar-refractivity contribution in [1.82, 2.24) is 0 Å². The van der Waals surface area contributed by atoms with Crippen molar-refractivity contribution in [2.75, 3.05) is 6.61 Å². The van der Waals surface area contributed by atoms with Crippen molar-refractivity contribution < 1.29 is 9.09 Å². The summed E-state index contributed by atoms with van der Waals surface area (Å²) in [5.74, 6) is 0. The van der Waals surface area contributed by atoms with E-state index in [0.29, 0.717) is 6.61 Å². The monoisotopic (exact) mass is 219 g/mol. The fourth-order valence-corrected chi connectivity index (χ4v) is 1.14. The molecular formula is C2H5IO2P+. The Balaban J connectivity index is 2.83. The van der Waals surface area contributed by atoms with Gasteiger partial charge in [-0.15, -0.1) is 4.52 Å². The van der Waals surface area contributed by atoms with Gasteiger partial charge in [-0.3, -0.25) is 0 Å². The van der Waals surface area contributed by atoms with E-state index in [2.05, 4.69) is 4.52 Å². The second-order valence-corrected chi connectivity index (χ2v) is 3.68. The van der Waals surface area contributed by atoms with Gasteiger partial charge in [0.1, 0.15) is 6.61 Å². The molecule has 1 atom stereocenters. The maximum absolute atomic E-state index is 9.96. The van der Waals surface area contributed by atoms with Gasteiger partial charge in [0.2, 0.25) is 0 Å². The lowest BCUT2D eigenvalue weighted by Gasteiger charge is -1.68. The average molecular weight is 219 g/mol. The molecule has 0 aromatic carbocycles. The molecule has 0 rings (SSSR count). The molecule has 1 unspecified atom stereocenters. The van der Waals surface area contributed by atoms with Crippen LogP contribution >= 0.6 is 27.7 Å². The Morgan fingerprint density at radius 1 is 2.00 bits per heavy atom. The lowest BCUT2D eigenvalue weighted by molar-refractivity contribution is 0.363. The minimum absolute atomic E-state index is 0.540. The molecule has 6 heavy (non-hydrogen) atoms. The minimum atomic E-state index is -1.38. The van der Waals surface area contributed by atoms with E-state index in [1.54, 1.807) is 22.0 Å². The number of rotatable bonds is 2. The zero-order valence-corrected chi connectivity index (χ0v) is 6.40. The molecule has 0 aromatic heterocycles. The molecular weight excluding hydrogens is 214 g/mol. The van der Waals surface area contributed by atoms with Gasteiger partial charge in [-0.2, -0.15) is 0 Å². The van der Waals surface area contributed by atoms with Gasteiger partial charge in [-0.1, -0.05) is 0 Å². The summed E-state index contributed by atoms with van der Waals surface area (Å²) in [5.41, 5.74) is -1.38. The molecule has 0 saturated heterocycles. The molecule has 0 N–H and O–H groups in total. The number of hydrogen-bond acceptors (Lipinski definition) is 2. The lowest BCUT2D eigenvalue weighted by Crippen LogP contribution is -1.68. The summed E-state index contributed by atoms with van der Waals surface area (Å²) in [6.45, 7) is 2.35. The van der Waals surface area contributed by atoms with Crippen LogP contribution in [0, 0.1) is 0 Å². The molecule has 0 aromatic rings. The highest BCUT2D eigenvalue weighted by Crippen LogP contribution is 2.31. The van der Waals surface area contributed by atoms with Crippen LogP contribution in [0.15, 0.2) is 0 Å². The SMILES string of the molecule is CCO[P+](=O)I. The first-order valence-corrected chi connectivity index (χ1v) is 5.49. The van der Waals surface area contributed by atoms with Gasteiger partial charge < -0.3 is 0 Å². The molecule has 0 saturated carbocycles. The van der Waals surface area contributed by atoms with Crippen LogP contribution in [0.5, 0.6) is 0 Å². The lowest BCUT2D eigenvalue weighted by atomic mass is 10.9. The van der Waals surface area contributed by atoms with E-state index in [0.717, 1.165) is 0 Å². The topological polar surface area (TPSA) is 26.3 Å². The molecule has 0 aliphatic carbocycles. The molecule has 0 spiro atoms. The highest BCUT2D eigenvalue weighted by molar-refractivity contribution is 14.2. The third-order valence-corrected chi connectivity index (χ3v) is 1.53. The fourth-order valence-electron chi connectivity index (χ4n) is 0.101. The Morgan fingerprint density at radius 3 is 2.50 bits per heavy atom. The van der Waals surface area contributed by atoms with Crippen molar-refractivity contribution in [1.29, 1.82) is 0 Å². The average Bonchev–Trinajstić information content (AvgIpc) is 1.35. The zero-order chi connectivity index (χ0) is 4.99. The molecule has 0 bridgehead atoms. The standard InChI is InChI=1S/C2H5IO2P/c1-2-5-6(3)4/h2H2,1H3/q+1. The number of halogens is 1. The van der Waals surface area contributed by atoms with Crippen LogP contribution in [0.4, 0.5) is 0 Å². The van der Waals surface area contributed by atoms with Crippen molar-refractivity contribution in [3.63, 3.8) is 0 Å². The van der Waals surface area contributed by atoms with Gasteiger partial charge in [-0.25, -0.2) is 0 Å². The van der Waals surface area contributed by atoms with Crippen LogP contribution in [-0.4, -0.2) is 6.61 Å². The quantitative estimate of drug-likeness (QED) is 0.525. The third-order valence-electron chi connectivity index (χ3n) is 0.231. The van der Waals surface area contributed by atoms with Gasteiger partial charge in [0, 0.05) is 0 Å². The molecule has 2 nitrogen and oxygen atoms in total. The summed E-state index contributed by atoms with van der Waals surface area (Å²) in [7, 11) is 0. The van der Waals surface area contributed by atoms with Crippen molar-refractivity contribution in [2.24, 2.45) is 0 Å². The maximum atomic E-state index is 9.96. The highest BCUT2D eigenvalue weighted by atomic mass is 127. The smallest absolute Gasteiger partial charge is 0.139 e. The van der Waals surface area contributed by atoms with Crippen LogP contribution < -0.4 is 0 Å². The van der Waals surface area contributed by atoms with Crippen LogP contribution in [0.2, 0.25) is 0 Å². The van der Waals surface area contributed by atoms with E-state index >= 15 is 0 Å². The van der Waals surface area contributed by atoms with Gasteiger partial charge in [0.25, 0.3) is 0 Å². The predicted molar refractivity (Wildman–Crippen MR) is 33.3 cm³/mol. The first kappa shape index (κ1) is 6.79. The maximum Gasteiger partial charge on any atom is 0.576 e. The van der Waals surface area contributed by atoms with Crippen molar-refractivity contribution in [3.8, 4) is 0 Å². The van der Waals surface area contributed by atoms with Gasteiger partial charge in [-0.05, 0) is 11.5 Å². The Hall–Kier alpha value is 0.790. The summed E-state index contributed by atoms with van der Waals surface area (Å²) in [5, 5.41) is 0. The van der Waals surface area contributed by atoms with E-state index in [1.165, 1.54) is 0 Å². The molecule has 0 aliphatic rings. The first-order chi connectivity index (χ1) is 2.77. The zero-order valence-electron chi connectivity index (χ0n) is 3.35. The molecule has 0 radical (unpaired) electrons. The van der Waals surface area contributed by atoms with E-state index in [1.807, 2.05) is 6.92 Å². The molecule has 0 fully saturated rings. The molecule has 0 amide bonds. The molecule has 0 aliphatic heterocycles. The minimum Gasteiger partial charge on any atom is -0.139 e. The fraction of sp³-hybridized carbons (Fsp3) is 1.00. The largest absolute Gasteiger partial charge is 0.576 e. The van der Waals surface area contributed by atoms with E-state index in [-0.39, 0.29) is 0 Å². The van der Waals surface area contributed by atoms with Crippen molar-refractivity contribution in [2.45, 2.75) is 6.92 Å². The molecule has 4 heteroatoms. The van der Waals surface area contributed by atoms with E-state index in [9.17, 15) is 4.57 Å². The number of hydrogen-bond donors (Lipinski definition) is 0.